The highest BCUT2D eigenvalue weighted by molar-refractivity contribution is 7.17. The van der Waals surface area contributed by atoms with Gasteiger partial charge in [0.05, 0.1) is 12.2 Å². The molecule has 2 aromatic heterocycles. The van der Waals surface area contributed by atoms with Gasteiger partial charge >= 0.3 is 5.97 Å². The summed E-state index contributed by atoms with van der Waals surface area (Å²) in [7, 11) is 0. The highest BCUT2D eigenvalue weighted by Crippen LogP contribution is 2.39. The molecule has 6 nitrogen and oxygen atoms in total. The number of carbonyl (C=O) groups is 2. The van der Waals surface area contributed by atoms with Crippen LogP contribution in [0.15, 0.2) is 60.3 Å². The number of ether oxygens (including phenoxy) is 1. The lowest BCUT2D eigenvalue weighted by atomic mass is 9.95. The molecule has 0 saturated heterocycles. The molecule has 2 aromatic carbocycles. The Bertz CT molecular complexity index is 1610. The molecule has 4 aromatic rings. The van der Waals surface area contributed by atoms with Gasteiger partial charge in [-0.15, -0.1) is 11.3 Å². The van der Waals surface area contributed by atoms with E-state index in [0.29, 0.717) is 22.1 Å². The quantitative estimate of drug-likeness (QED) is 0.154. The molecule has 0 aliphatic heterocycles. The van der Waals surface area contributed by atoms with E-state index in [0.717, 1.165) is 58.2 Å². The molecule has 192 valence electrons. The lowest BCUT2D eigenvalue weighted by Gasteiger charge is -2.12. The van der Waals surface area contributed by atoms with Gasteiger partial charge in [0, 0.05) is 39.1 Å². The Morgan fingerprint density at radius 1 is 1.18 bits per heavy atom. The number of carbonyl (C=O) groups excluding carboxylic acids is 2. The molecular weight excluding hydrogens is 518 g/mol. The van der Waals surface area contributed by atoms with Gasteiger partial charge in [-0.05, 0) is 68.0 Å². The number of rotatable bonds is 7. The fourth-order valence-electron chi connectivity index (χ4n) is 4.90. The minimum atomic E-state index is -0.552. The van der Waals surface area contributed by atoms with Crippen molar-refractivity contribution in [1.82, 2.24) is 4.57 Å². The zero-order valence-electron chi connectivity index (χ0n) is 20.9. The molecule has 1 aliphatic carbocycles. The second-order valence-electron chi connectivity index (χ2n) is 9.12. The number of nitrogens with one attached hydrogen (secondary N) is 1. The molecule has 0 fully saturated rings. The van der Waals surface area contributed by atoms with Crippen molar-refractivity contribution in [1.29, 1.82) is 5.26 Å². The average molecular weight is 544 g/mol. The number of anilines is 1. The Morgan fingerprint density at radius 3 is 2.79 bits per heavy atom. The number of nitrogens with zero attached hydrogens (tertiary/aromatic N) is 2. The van der Waals surface area contributed by atoms with E-state index >= 15 is 0 Å². The van der Waals surface area contributed by atoms with Crippen LogP contribution in [0, 0.1) is 11.3 Å². The first-order valence-electron chi connectivity index (χ1n) is 12.6. The number of aryl methyl sites for hydroxylation is 1. The van der Waals surface area contributed by atoms with E-state index < -0.39 is 11.9 Å². The third-order valence-electron chi connectivity index (χ3n) is 6.60. The molecule has 2 heterocycles. The van der Waals surface area contributed by atoms with Crippen molar-refractivity contribution in [2.45, 2.75) is 39.2 Å². The van der Waals surface area contributed by atoms with E-state index in [1.54, 1.807) is 13.0 Å². The van der Waals surface area contributed by atoms with Crippen LogP contribution in [0.25, 0.3) is 17.0 Å². The van der Waals surface area contributed by atoms with Gasteiger partial charge in [-0.2, -0.15) is 5.26 Å². The van der Waals surface area contributed by atoms with Gasteiger partial charge < -0.3 is 14.6 Å². The van der Waals surface area contributed by atoms with E-state index in [-0.39, 0.29) is 12.2 Å². The Morgan fingerprint density at radius 2 is 2.00 bits per heavy atom. The van der Waals surface area contributed by atoms with Crippen molar-refractivity contribution in [2.75, 3.05) is 11.9 Å². The van der Waals surface area contributed by atoms with Crippen LogP contribution in [0.4, 0.5) is 5.00 Å². The van der Waals surface area contributed by atoms with Crippen LogP contribution >= 0.6 is 22.9 Å². The smallest absolute Gasteiger partial charge is 0.341 e. The second-order valence-corrected chi connectivity index (χ2v) is 10.7. The van der Waals surface area contributed by atoms with E-state index in [9.17, 15) is 14.9 Å². The van der Waals surface area contributed by atoms with Gasteiger partial charge in [0.25, 0.3) is 5.91 Å². The molecule has 1 aliphatic rings. The van der Waals surface area contributed by atoms with Crippen molar-refractivity contribution in [3.63, 3.8) is 0 Å². The molecule has 0 unspecified atom stereocenters. The van der Waals surface area contributed by atoms with Gasteiger partial charge in [0.1, 0.15) is 16.6 Å². The van der Waals surface area contributed by atoms with Crippen molar-refractivity contribution >= 4 is 56.8 Å². The summed E-state index contributed by atoms with van der Waals surface area (Å²) < 4.78 is 7.37. The second kappa shape index (κ2) is 11.3. The van der Waals surface area contributed by atoms with Crippen LogP contribution in [0.1, 0.15) is 51.7 Å². The molecule has 8 heteroatoms. The van der Waals surface area contributed by atoms with Crippen LogP contribution in [-0.4, -0.2) is 23.1 Å². The van der Waals surface area contributed by atoms with Gasteiger partial charge in [0.2, 0.25) is 0 Å². The Kier molecular flexibility index (Phi) is 7.64. The fraction of sp³-hybridized carbons (Fsp3) is 0.233. The number of fused-ring (bicyclic) bond motifs is 2. The van der Waals surface area contributed by atoms with E-state index in [1.807, 2.05) is 60.8 Å². The average Bonchev–Trinajstić information content (AvgIpc) is 3.45. The molecule has 38 heavy (non-hydrogen) atoms. The normalized spacial score (nSPS) is 13.1. The number of benzene rings is 2. The first-order valence-corrected chi connectivity index (χ1v) is 13.7. The summed E-state index contributed by atoms with van der Waals surface area (Å²) in [4.78, 5) is 27.2. The summed E-state index contributed by atoms with van der Waals surface area (Å²) in [6.07, 6.45) is 7.23. The molecule has 0 radical (unpaired) electrons. The van der Waals surface area contributed by atoms with Gasteiger partial charge in [-0.25, -0.2) is 4.79 Å². The topological polar surface area (TPSA) is 84.1 Å². The SMILES string of the molecule is CCOC(=O)c1c(NC(=O)/C(C#N)=C/c2cn(Cc3cccc(Cl)c3)c3ccccc23)sc2c1CCCC2. The number of aromatic nitrogens is 1. The third-order valence-corrected chi connectivity index (χ3v) is 8.05. The summed E-state index contributed by atoms with van der Waals surface area (Å²) in [5.41, 5.74) is 4.12. The standard InChI is InChI=1S/C30H26ClN3O3S/c1-2-37-30(36)27-24-11-4-6-13-26(24)38-29(27)33-28(35)20(16-32)15-21-18-34(25-12-5-3-10-23(21)25)17-19-8-7-9-22(31)14-19/h3,5,7-10,12,14-15,18H,2,4,6,11,13,17H2,1H3,(H,33,35)/b20-15+. The highest BCUT2D eigenvalue weighted by atomic mass is 35.5. The van der Waals surface area contributed by atoms with Crippen LogP contribution in [-0.2, 0) is 28.9 Å². The monoisotopic (exact) mass is 543 g/mol. The lowest BCUT2D eigenvalue weighted by Crippen LogP contribution is -2.16. The lowest BCUT2D eigenvalue weighted by molar-refractivity contribution is -0.112. The number of hydrogen-bond donors (Lipinski definition) is 1. The van der Waals surface area contributed by atoms with Crippen LogP contribution < -0.4 is 5.32 Å². The highest BCUT2D eigenvalue weighted by Gasteiger charge is 2.28. The Hall–Kier alpha value is -3.86. The predicted octanol–water partition coefficient (Wildman–Crippen LogP) is 7.01. The summed E-state index contributed by atoms with van der Waals surface area (Å²) in [5.74, 6) is -0.989. The number of thiophene rings is 1. The Labute approximate surface area is 230 Å². The van der Waals surface area contributed by atoms with Crippen molar-refractivity contribution in [3.8, 4) is 6.07 Å². The van der Waals surface area contributed by atoms with E-state index in [2.05, 4.69) is 9.88 Å². The molecular formula is C30H26ClN3O3S. The van der Waals surface area contributed by atoms with Crippen molar-refractivity contribution in [2.24, 2.45) is 0 Å². The fourth-order valence-corrected chi connectivity index (χ4v) is 6.39. The maximum Gasteiger partial charge on any atom is 0.341 e. The van der Waals surface area contributed by atoms with Crippen molar-refractivity contribution < 1.29 is 14.3 Å². The zero-order chi connectivity index (χ0) is 26.6. The molecule has 0 spiro atoms. The minimum absolute atomic E-state index is 0.0446. The number of halogens is 1. The molecule has 0 atom stereocenters. The third kappa shape index (κ3) is 5.24. The number of nitriles is 1. The summed E-state index contributed by atoms with van der Waals surface area (Å²) in [6, 6.07) is 17.6. The van der Waals surface area contributed by atoms with Crippen LogP contribution in [0.3, 0.4) is 0 Å². The number of amides is 1. The predicted molar refractivity (Wildman–Crippen MR) is 152 cm³/mol. The zero-order valence-corrected chi connectivity index (χ0v) is 22.5. The van der Waals surface area contributed by atoms with Gasteiger partial charge in [-0.1, -0.05) is 41.9 Å². The number of esters is 1. The van der Waals surface area contributed by atoms with Crippen molar-refractivity contribution in [3.05, 3.63) is 92.5 Å². The van der Waals surface area contributed by atoms with Gasteiger partial charge in [0.15, 0.2) is 0 Å². The van der Waals surface area contributed by atoms with Crippen LogP contribution in [0.2, 0.25) is 5.02 Å². The van der Waals surface area contributed by atoms with Crippen LogP contribution in [0.5, 0.6) is 0 Å². The summed E-state index contributed by atoms with van der Waals surface area (Å²) in [6.45, 7) is 2.60. The molecule has 1 amide bonds. The van der Waals surface area contributed by atoms with Gasteiger partial charge in [-0.3, -0.25) is 4.79 Å². The first-order chi connectivity index (χ1) is 18.5. The first kappa shape index (κ1) is 25.8. The number of para-hydroxylation sites is 1. The molecule has 0 saturated carbocycles. The molecule has 5 rings (SSSR count). The summed E-state index contributed by atoms with van der Waals surface area (Å²) in [5, 5.41) is 14.8. The maximum atomic E-state index is 13.3. The molecule has 1 N–H and O–H groups in total. The van der Waals surface area contributed by atoms with E-state index in [4.69, 9.17) is 16.3 Å². The minimum Gasteiger partial charge on any atom is -0.462 e. The Balaban J connectivity index is 1.48. The maximum absolute atomic E-state index is 13.3. The largest absolute Gasteiger partial charge is 0.462 e. The molecule has 0 bridgehead atoms. The van der Waals surface area contributed by atoms with E-state index in [1.165, 1.54) is 11.3 Å². The summed E-state index contributed by atoms with van der Waals surface area (Å²) >= 11 is 7.58. The number of hydrogen-bond acceptors (Lipinski definition) is 5.